The largest absolute Gasteiger partial charge is 0.364 e. The van der Waals surface area contributed by atoms with Crippen LogP contribution in [0.2, 0.25) is 0 Å². The standard InChI is InChI=1S/C27H24FN3/c1-3-6-20(4-2)21-10-8-19(9-11-21)18-31-27-26(28)24(14-16-30-27)22-12-13-25-23(17-22)7-5-15-29-25/h3-17H,18H2,1-2H3,(H,30,31)/b6-3-,20-4+. The minimum atomic E-state index is -0.355. The molecule has 2 heterocycles. The fraction of sp³-hybridized carbons (Fsp3) is 0.111. The van der Waals surface area contributed by atoms with E-state index in [4.69, 9.17) is 0 Å². The van der Waals surface area contributed by atoms with E-state index in [0.29, 0.717) is 12.1 Å². The number of benzene rings is 2. The number of hydrogen-bond acceptors (Lipinski definition) is 3. The Morgan fingerprint density at radius 3 is 2.58 bits per heavy atom. The number of pyridine rings is 2. The summed E-state index contributed by atoms with van der Waals surface area (Å²) in [5, 5.41) is 4.11. The van der Waals surface area contributed by atoms with Crippen molar-refractivity contribution in [1.82, 2.24) is 9.97 Å². The molecule has 0 radical (unpaired) electrons. The number of aromatic nitrogens is 2. The summed E-state index contributed by atoms with van der Waals surface area (Å²) in [7, 11) is 0. The van der Waals surface area contributed by atoms with Gasteiger partial charge in [0, 0.05) is 29.9 Å². The Bertz CT molecular complexity index is 1260. The van der Waals surface area contributed by atoms with Gasteiger partial charge in [0.25, 0.3) is 0 Å². The lowest BCUT2D eigenvalue weighted by molar-refractivity contribution is 0.628. The molecule has 0 aliphatic carbocycles. The maximum Gasteiger partial charge on any atom is 0.173 e. The van der Waals surface area contributed by atoms with Gasteiger partial charge in [0.1, 0.15) is 0 Å². The van der Waals surface area contributed by atoms with Gasteiger partial charge in [-0.2, -0.15) is 0 Å². The summed E-state index contributed by atoms with van der Waals surface area (Å²) in [5.41, 5.74) is 5.59. The van der Waals surface area contributed by atoms with Gasteiger partial charge in [0.15, 0.2) is 11.6 Å². The Labute approximate surface area is 182 Å². The summed E-state index contributed by atoms with van der Waals surface area (Å²) >= 11 is 0. The van der Waals surface area contributed by atoms with Crippen LogP contribution in [-0.2, 0) is 6.54 Å². The highest BCUT2D eigenvalue weighted by Crippen LogP contribution is 2.28. The van der Waals surface area contributed by atoms with Gasteiger partial charge in [-0.3, -0.25) is 4.98 Å². The molecular weight excluding hydrogens is 385 g/mol. The zero-order valence-corrected chi connectivity index (χ0v) is 17.6. The van der Waals surface area contributed by atoms with E-state index >= 15 is 4.39 Å². The van der Waals surface area contributed by atoms with Crippen LogP contribution in [0.1, 0.15) is 25.0 Å². The zero-order chi connectivity index (χ0) is 21.6. The van der Waals surface area contributed by atoms with Crippen molar-refractivity contribution in [3.8, 4) is 11.1 Å². The number of nitrogens with one attached hydrogen (secondary N) is 1. The molecule has 4 heteroatoms. The highest BCUT2D eigenvalue weighted by molar-refractivity contribution is 5.84. The van der Waals surface area contributed by atoms with Crippen LogP contribution < -0.4 is 5.32 Å². The number of fused-ring (bicyclic) bond motifs is 1. The van der Waals surface area contributed by atoms with Gasteiger partial charge in [-0.15, -0.1) is 0 Å². The highest BCUT2D eigenvalue weighted by Gasteiger charge is 2.12. The summed E-state index contributed by atoms with van der Waals surface area (Å²) in [6.07, 6.45) is 9.58. The Hall–Kier alpha value is -3.79. The number of anilines is 1. The van der Waals surface area contributed by atoms with Crippen molar-refractivity contribution in [2.24, 2.45) is 0 Å². The number of nitrogens with zero attached hydrogens (tertiary/aromatic N) is 2. The molecule has 0 fully saturated rings. The third-order valence-electron chi connectivity index (χ3n) is 5.21. The fourth-order valence-corrected chi connectivity index (χ4v) is 3.57. The van der Waals surface area contributed by atoms with Gasteiger partial charge < -0.3 is 5.32 Å². The Kier molecular flexibility index (Phi) is 6.18. The lowest BCUT2D eigenvalue weighted by atomic mass is 10.0. The predicted octanol–water partition coefficient (Wildman–Crippen LogP) is 7.03. The first-order chi connectivity index (χ1) is 15.2. The van der Waals surface area contributed by atoms with E-state index in [1.165, 1.54) is 5.57 Å². The molecule has 2 aromatic carbocycles. The summed E-state index contributed by atoms with van der Waals surface area (Å²) in [6.45, 7) is 4.52. The molecule has 1 N–H and O–H groups in total. The molecule has 0 aliphatic heterocycles. The molecule has 0 atom stereocenters. The second-order valence-corrected chi connectivity index (χ2v) is 7.23. The Balaban J connectivity index is 1.53. The van der Waals surface area contributed by atoms with Crippen LogP contribution in [0.3, 0.4) is 0 Å². The maximum atomic E-state index is 15.2. The van der Waals surface area contributed by atoms with Crippen LogP contribution >= 0.6 is 0 Å². The molecule has 154 valence electrons. The number of halogens is 1. The molecule has 0 saturated carbocycles. The van der Waals surface area contributed by atoms with E-state index in [2.05, 4.69) is 39.6 Å². The molecule has 0 unspecified atom stereocenters. The van der Waals surface area contributed by atoms with Gasteiger partial charge in [0.05, 0.1) is 5.52 Å². The number of rotatable bonds is 6. The van der Waals surface area contributed by atoms with E-state index < -0.39 is 0 Å². The molecule has 2 aromatic heterocycles. The number of hydrogen-bond donors (Lipinski definition) is 1. The average Bonchev–Trinajstić information content (AvgIpc) is 2.82. The van der Waals surface area contributed by atoms with Crippen molar-refractivity contribution in [1.29, 1.82) is 0 Å². The van der Waals surface area contributed by atoms with Gasteiger partial charge in [-0.25, -0.2) is 9.37 Å². The van der Waals surface area contributed by atoms with Gasteiger partial charge in [-0.05, 0) is 60.4 Å². The van der Waals surface area contributed by atoms with Crippen LogP contribution in [0.15, 0.2) is 91.3 Å². The quantitative estimate of drug-likeness (QED) is 0.348. The Morgan fingerprint density at radius 2 is 1.81 bits per heavy atom. The third-order valence-corrected chi connectivity index (χ3v) is 5.21. The highest BCUT2D eigenvalue weighted by atomic mass is 19.1. The minimum absolute atomic E-state index is 0.246. The first kappa shape index (κ1) is 20.5. The van der Waals surface area contributed by atoms with Crippen molar-refractivity contribution in [2.45, 2.75) is 20.4 Å². The van der Waals surface area contributed by atoms with E-state index in [1.54, 1.807) is 18.5 Å². The SMILES string of the molecule is C/C=C\C(=C/C)c1ccc(CNc2nccc(-c3ccc4ncccc4c3)c2F)cc1. The first-order valence-corrected chi connectivity index (χ1v) is 10.3. The zero-order valence-electron chi connectivity index (χ0n) is 17.6. The molecule has 0 bridgehead atoms. The van der Waals surface area contributed by atoms with Crippen molar-refractivity contribution < 1.29 is 4.39 Å². The molecule has 31 heavy (non-hydrogen) atoms. The lowest BCUT2D eigenvalue weighted by Gasteiger charge is -2.11. The van der Waals surface area contributed by atoms with Crippen LogP contribution in [0.4, 0.5) is 10.2 Å². The monoisotopic (exact) mass is 409 g/mol. The summed E-state index contributed by atoms with van der Waals surface area (Å²) in [6, 6.07) is 19.6. The van der Waals surface area contributed by atoms with Crippen LogP contribution in [-0.4, -0.2) is 9.97 Å². The van der Waals surface area contributed by atoms with Crippen LogP contribution in [0.5, 0.6) is 0 Å². The normalized spacial score (nSPS) is 11.9. The average molecular weight is 410 g/mol. The second kappa shape index (κ2) is 9.35. The summed E-state index contributed by atoms with van der Waals surface area (Å²) in [5.74, 6) is -0.109. The molecule has 4 aromatic rings. The van der Waals surface area contributed by atoms with E-state index in [9.17, 15) is 0 Å². The van der Waals surface area contributed by atoms with Gasteiger partial charge in [0.2, 0.25) is 0 Å². The molecule has 0 spiro atoms. The first-order valence-electron chi connectivity index (χ1n) is 10.3. The molecule has 0 amide bonds. The molecular formula is C27H24FN3. The van der Waals surface area contributed by atoms with Crippen molar-refractivity contribution in [3.63, 3.8) is 0 Å². The van der Waals surface area contributed by atoms with Crippen LogP contribution in [0.25, 0.3) is 27.6 Å². The molecule has 0 aliphatic rings. The number of allylic oxidation sites excluding steroid dienone is 4. The smallest absolute Gasteiger partial charge is 0.173 e. The van der Waals surface area contributed by atoms with E-state index in [1.807, 2.05) is 62.4 Å². The van der Waals surface area contributed by atoms with Crippen LogP contribution in [0, 0.1) is 5.82 Å². The van der Waals surface area contributed by atoms with Crippen molar-refractivity contribution >= 4 is 22.3 Å². The van der Waals surface area contributed by atoms with Crippen molar-refractivity contribution in [3.05, 3.63) is 108 Å². The third kappa shape index (κ3) is 4.53. The molecule has 0 saturated heterocycles. The Morgan fingerprint density at radius 1 is 0.968 bits per heavy atom. The summed E-state index contributed by atoms with van der Waals surface area (Å²) in [4.78, 5) is 8.53. The minimum Gasteiger partial charge on any atom is -0.364 e. The molecule has 3 nitrogen and oxygen atoms in total. The van der Waals surface area contributed by atoms with Gasteiger partial charge in [-0.1, -0.05) is 54.6 Å². The maximum absolute atomic E-state index is 15.2. The van der Waals surface area contributed by atoms with E-state index in [0.717, 1.165) is 27.6 Å². The van der Waals surface area contributed by atoms with Crippen molar-refractivity contribution in [2.75, 3.05) is 5.32 Å². The predicted molar refractivity (Wildman–Crippen MR) is 127 cm³/mol. The summed E-state index contributed by atoms with van der Waals surface area (Å²) < 4.78 is 15.2. The topological polar surface area (TPSA) is 37.8 Å². The molecule has 4 rings (SSSR count). The second-order valence-electron chi connectivity index (χ2n) is 7.23. The van der Waals surface area contributed by atoms with Gasteiger partial charge >= 0.3 is 0 Å². The lowest BCUT2D eigenvalue weighted by Crippen LogP contribution is -2.04. The van der Waals surface area contributed by atoms with E-state index in [-0.39, 0.29) is 11.6 Å². The fourth-order valence-electron chi connectivity index (χ4n) is 3.57.